The van der Waals surface area contributed by atoms with Crippen LogP contribution in [-0.4, -0.2) is 46.1 Å². The highest BCUT2D eigenvalue weighted by atomic mass is 32.2. The molecule has 0 aliphatic carbocycles. The topological polar surface area (TPSA) is 58.6 Å². The molecular weight excluding hydrogens is 308 g/mol. The van der Waals surface area contributed by atoms with Crippen LogP contribution >= 0.6 is 11.3 Å². The van der Waals surface area contributed by atoms with Crippen LogP contribution in [0.5, 0.6) is 0 Å². The van der Waals surface area contributed by atoms with Crippen molar-refractivity contribution in [3.8, 4) is 0 Å². The van der Waals surface area contributed by atoms with Crippen LogP contribution in [0, 0.1) is 5.92 Å². The molecule has 120 valence electrons. The lowest BCUT2D eigenvalue weighted by molar-refractivity contribution is 0.0620. The van der Waals surface area contributed by atoms with Crippen LogP contribution < -0.4 is 5.32 Å². The van der Waals surface area contributed by atoms with Gasteiger partial charge in [0.25, 0.3) is 10.0 Å². The Morgan fingerprint density at radius 1 is 1.38 bits per heavy atom. The van der Waals surface area contributed by atoms with Crippen molar-refractivity contribution in [2.75, 3.05) is 33.4 Å². The van der Waals surface area contributed by atoms with Gasteiger partial charge in [-0.15, -0.1) is 11.3 Å². The van der Waals surface area contributed by atoms with E-state index >= 15 is 0 Å². The monoisotopic (exact) mass is 332 g/mol. The maximum absolute atomic E-state index is 12.6. The number of hydrogen-bond donors (Lipinski definition) is 1. The molecule has 2 rings (SSSR count). The van der Waals surface area contributed by atoms with E-state index in [-0.39, 0.29) is 0 Å². The van der Waals surface area contributed by atoms with Crippen LogP contribution in [-0.2, 0) is 21.3 Å². The average molecular weight is 332 g/mol. The zero-order valence-corrected chi connectivity index (χ0v) is 14.3. The summed E-state index contributed by atoms with van der Waals surface area (Å²) in [5.74, 6) is 0.403. The third kappa shape index (κ3) is 4.50. The minimum absolute atomic E-state index is 0.403. The first-order valence-electron chi connectivity index (χ1n) is 7.37. The average Bonchev–Trinajstić information content (AvgIpc) is 2.95. The van der Waals surface area contributed by atoms with Crippen LogP contribution in [0.2, 0.25) is 0 Å². The Kier molecular flexibility index (Phi) is 6.19. The molecule has 5 nitrogen and oxygen atoms in total. The fraction of sp³-hybridized carbons (Fsp3) is 0.714. The summed E-state index contributed by atoms with van der Waals surface area (Å²) in [5, 5.41) is 3.21. The van der Waals surface area contributed by atoms with E-state index < -0.39 is 10.0 Å². The summed E-state index contributed by atoms with van der Waals surface area (Å²) < 4.78 is 32.4. The molecule has 2 heterocycles. The summed E-state index contributed by atoms with van der Waals surface area (Å²) >= 11 is 1.35. The highest BCUT2D eigenvalue weighted by molar-refractivity contribution is 7.91. The maximum Gasteiger partial charge on any atom is 0.252 e. The van der Waals surface area contributed by atoms with Gasteiger partial charge in [0.1, 0.15) is 4.21 Å². The summed E-state index contributed by atoms with van der Waals surface area (Å²) in [5.41, 5.74) is 0. The molecule has 1 N–H and O–H groups in total. The molecule has 0 saturated carbocycles. The van der Waals surface area contributed by atoms with Gasteiger partial charge in [0.15, 0.2) is 0 Å². The smallest absolute Gasteiger partial charge is 0.252 e. The second-order valence-corrected chi connectivity index (χ2v) is 8.78. The molecule has 0 bridgehead atoms. The van der Waals surface area contributed by atoms with Crippen molar-refractivity contribution in [1.29, 1.82) is 0 Å². The van der Waals surface area contributed by atoms with Crippen LogP contribution in [0.4, 0.5) is 0 Å². The van der Waals surface area contributed by atoms with Gasteiger partial charge in [-0.3, -0.25) is 0 Å². The Morgan fingerprint density at radius 2 is 2.10 bits per heavy atom. The minimum atomic E-state index is -3.36. The first-order valence-corrected chi connectivity index (χ1v) is 9.63. The molecule has 1 aromatic rings. The summed E-state index contributed by atoms with van der Waals surface area (Å²) in [7, 11) is -1.68. The van der Waals surface area contributed by atoms with E-state index in [0.29, 0.717) is 16.7 Å². The van der Waals surface area contributed by atoms with E-state index in [4.69, 9.17) is 4.74 Å². The lowest BCUT2D eigenvalue weighted by atomic mass is 10.0. The van der Waals surface area contributed by atoms with Crippen LogP contribution in [0.15, 0.2) is 16.3 Å². The van der Waals surface area contributed by atoms with Gasteiger partial charge in [0.05, 0.1) is 0 Å². The Balaban J connectivity index is 2.00. The molecule has 0 radical (unpaired) electrons. The second kappa shape index (κ2) is 7.69. The predicted octanol–water partition coefficient (Wildman–Crippen LogP) is 1.90. The van der Waals surface area contributed by atoms with Crippen molar-refractivity contribution >= 4 is 21.4 Å². The van der Waals surface area contributed by atoms with Gasteiger partial charge in [-0.05, 0) is 37.4 Å². The molecule has 0 spiro atoms. The summed E-state index contributed by atoms with van der Waals surface area (Å²) in [4.78, 5) is 1.05. The highest BCUT2D eigenvalue weighted by Gasteiger charge is 2.26. The molecule has 0 aromatic carbocycles. The number of thiophene rings is 1. The van der Waals surface area contributed by atoms with E-state index in [1.54, 1.807) is 13.1 Å². The molecule has 21 heavy (non-hydrogen) atoms. The molecule has 1 saturated heterocycles. The van der Waals surface area contributed by atoms with E-state index in [2.05, 4.69) is 5.32 Å². The predicted molar refractivity (Wildman–Crippen MR) is 85.1 cm³/mol. The lowest BCUT2D eigenvalue weighted by Crippen LogP contribution is -2.33. The maximum atomic E-state index is 12.6. The molecule has 0 unspecified atom stereocenters. The van der Waals surface area contributed by atoms with E-state index in [0.717, 1.165) is 44.0 Å². The first kappa shape index (κ1) is 16.9. The van der Waals surface area contributed by atoms with Crippen molar-refractivity contribution in [3.05, 3.63) is 17.0 Å². The number of rotatable bonds is 7. The lowest BCUT2D eigenvalue weighted by Gasteiger charge is -2.26. The Morgan fingerprint density at radius 3 is 2.76 bits per heavy atom. The third-order valence-electron chi connectivity index (χ3n) is 3.71. The van der Waals surface area contributed by atoms with E-state index in [1.807, 2.05) is 13.0 Å². The molecule has 1 aliphatic heterocycles. The number of hydrogen-bond acceptors (Lipinski definition) is 5. The minimum Gasteiger partial charge on any atom is -0.381 e. The van der Waals surface area contributed by atoms with Crippen molar-refractivity contribution in [2.45, 2.75) is 30.5 Å². The molecule has 0 atom stereocenters. The Labute approximate surface area is 131 Å². The van der Waals surface area contributed by atoms with Gasteiger partial charge >= 0.3 is 0 Å². The molecule has 1 fully saturated rings. The molecule has 1 aromatic heterocycles. The standard InChI is InChI=1S/C14H24N2O3S2/c1-3-15-10-13-4-5-14(20-13)21(17,18)16(2)11-12-6-8-19-9-7-12/h4-5,12,15H,3,6-11H2,1-2H3. The zero-order chi connectivity index (χ0) is 15.3. The van der Waals surface area contributed by atoms with Crippen LogP contribution in [0.1, 0.15) is 24.6 Å². The van der Waals surface area contributed by atoms with Crippen LogP contribution in [0.25, 0.3) is 0 Å². The first-order chi connectivity index (χ1) is 10.0. The van der Waals surface area contributed by atoms with Gasteiger partial charge < -0.3 is 10.1 Å². The normalized spacial score (nSPS) is 17.5. The van der Waals surface area contributed by atoms with Gasteiger partial charge in [0, 0.05) is 38.2 Å². The Bertz CT molecular complexity index is 536. The number of nitrogens with one attached hydrogen (secondary N) is 1. The Hall–Kier alpha value is -0.470. The molecule has 0 amide bonds. The largest absolute Gasteiger partial charge is 0.381 e. The van der Waals surface area contributed by atoms with Crippen molar-refractivity contribution in [3.63, 3.8) is 0 Å². The van der Waals surface area contributed by atoms with E-state index in [9.17, 15) is 8.42 Å². The van der Waals surface area contributed by atoms with Gasteiger partial charge in [0.2, 0.25) is 0 Å². The quantitative estimate of drug-likeness (QED) is 0.828. The van der Waals surface area contributed by atoms with Crippen LogP contribution in [0.3, 0.4) is 0 Å². The fourth-order valence-corrected chi connectivity index (χ4v) is 5.17. The van der Waals surface area contributed by atoms with E-state index in [1.165, 1.54) is 15.6 Å². The number of ether oxygens (including phenoxy) is 1. The van der Waals surface area contributed by atoms with Crippen molar-refractivity contribution in [1.82, 2.24) is 9.62 Å². The van der Waals surface area contributed by atoms with Gasteiger partial charge in [-0.1, -0.05) is 6.92 Å². The number of nitrogens with zero attached hydrogens (tertiary/aromatic N) is 1. The molecular formula is C14H24N2O3S2. The SMILES string of the molecule is CCNCc1ccc(S(=O)(=O)N(C)CC2CCOCC2)s1. The molecule has 1 aliphatic rings. The highest BCUT2D eigenvalue weighted by Crippen LogP contribution is 2.26. The number of sulfonamides is 1. The van der Waals surface area contributed by atoms with Crippen molar-refractivity contribution in [2.24, 2.45) is 5.92 Å². The summed E-state index contributed by atoms with van der Waals surface area (Å²) in [6.07, 6.45) is 1.88. The fourth-order valence-electron chi connectivity index (χ4n) is 2.38. The zero-order valence-electron chi connectivity index (χ0n) is 12.7. The molecule has 7 heteroatoms. The summed E-state index contributed by atoms with van der Waals surface area (Å²) in [6, 6.07) is 3.61. The third-order valence-corrected chi connectivity index (χ3v) is 7.08. The van der Waals surface area contributed by atoms with Gasteiger partial charge in [-0.2, -0.15) is 4.31 Å². The van der Waals surface area contributed by atoms with Gasteiger partial charge in [-0.25, -0.2) is 8.42 Å². The summed E-state index contributed by atoms with van der Waals surface area (Å²) in [6.45, 7) is 5.69. The van der Waals surface area contributed by atoms with Crippen molar-refractivity contribution < 1.29 is 13.2 Å². The second-order valence-electron chi connectivity index (χ2n) is 5.34.